The van der Waals surface area contributed by atoms with Crippen molar-refractivity contribution in [1.82, 2.24) is 4.98 Å². The van der Waals surface area contributed by atoms with Crippen LogP contribution in [0.15, 0.2) is 103 Å². The van der Waals surface area contributed by atoms with Crippen LogP contribution in [0.3, 0.4) is 0 Å². The van der Waals surface area contributed by atoms with Crippen LogP contribution in [-0.2, 0) is 0 Å². The molecule has 0 saturated carbocycles. The van der Waals surface area contributed by atoms with Gasteiger partial charge in [-0.25, -0.2) is 0 Å². The first-order valence-electron chi connectivity index (χ1n) is 12.3. The van der Waals surface area contributed by atoms with Crippen LogP contribution in [0.1, 0.15) is 5.56 Å². The molecule has 0 saturated heterocycles. The summed E-state index contributed by atoms with van der Waals surface area (Å²) in [6.45, 7) is 0. The molecule has 0 unspecified atom stereocenters. The normalized spacial score (nSPS) is 11.7. The van der Waals surface area contributed by atoms with Gasteiger partial charge in [0.05, 0.1) is 11.6 Å². The Labute approximate surface area is 214 Å². The predicted octanol–water partition coefficient (Wildman–Crippen LogP) is 8.29. The van der Waals surface area contributed by atoms with E-state index in [1.165, 1.54) is 31.7 Å². The summed E-state index contributed by atoms with van der Waals surface area (Å²) in [6, 6.07) is 36.9. The molecular formula is C33H26GeN2. The zero-order chi connectivity index (χ0) is 24.9. The van der Waals surface area contributed by atoms with Gasteiger partial charge in [0.1, 0.15) is 0 Å². The first-order valence-corrected chi connectivity index (χ1v) is 19.6. The van der Waals surface area contributed by atoms with Crippen LogP contribution in [0.5, 0.6) is 0 Å². The van der Waals surface area contributed by atoms with Crippen LogP contribution in [-0.4, -0.2) is 18.3 Å². The number of hydrogen-bond donors (Lipinski definition) is 0. The molecule has 0 spiro atoms. The Kier molecular flexibility index (Phi) is 5.39. The van der Waals surface area contributed by atoms with Gasteiger partial charge in [-0.2, -0.15) is 5.26 Å². The third-order valence-electron chi connectivity index (χ3n) is 7.10. The van der Waals surface area contributed by atoms with Crippen molar-refractivity contribution >= 4 is 50.0 Å². The molecule has 1 heterocycles. The molecule has 6 aromatic rings. The van der Waals surface area contributed by atoms with E-state index >= 15 is 0 Å². The fraction of sp³-hybridized carbons (Fsp3) is 0.0909. The molecule has 0 radical (unpaired) electrons. The molecule has 0 aliphatic carbocycles. The van der Waals surface area contributed by atoms with E-state index in [9.17, 15) is 5.26 Å². The molecule has 3 heteroatoms. The summed E-state index contributed by atoms with van der Waals surface area (Å²) in [6.07, 6.45) is 1.88. The van der Waals surface area contributed by atoms with Crippen LogP contribution >= 0.6 is 0 Å². The van der Waals surface area contributed by atoms with Gasteiger partial charge in [-0.1, -0.05) is 24.3 Å². The van der Waals surface area contributed by atoms with Gasteiger partial charge in [0.15, 0.2) is 0 Å². The molecular weight excluding hydrogens is 497 g/mol. The second-order valence-corrected chi connectivity index (χ2v) is 21.1. The quantitative estimate of drug-likeness (QED) is 0.173. The molecule has 36 heavy (non-hydrogen) atoms. The van der Waals surface area contributed by atoms with E-state index in [4.69, 9.17) is 4.98 Å². The van der Waals surface area contributed by atoms with E-state index < -0.39 is 13.3 Å². The number of aromatic nitrogens is 1. The summed E-state index contributed by atoms with van der Waals surface area (Å²) in [5.41, 5.74) is 5.04. The first kappa shape index (κ1) is 22.5. The van der Waals surface area contributed by atoms with Gasteiger partial charge in [-0.05, 0) is 22.9 Å². The molecule has 0 amide bonds. The molecule has 0 N–H and O–H groups in total. The number of nitrogens with zero attached hydrogens (tertiary/aromatic N) is 2. The van der Waals surface area contributed by atoms with E-state index in [-0.39, 0.29) is 0 Å². The number of pyridine rings is 1. The second kappa shape index (κ2) is 8.62. The van der Waals surface area contributed by atoms with E-state index in [0.717, 1.165) is 27.4 Å². The Morgan fingerprint density at radius 1 is 0.611 bits per heavy atom. The van der Waals surface area contributed by atoms with Gasteiger partial charge in [-0.15, -0.1) is 0 Å². The zero-order valence-electron chi connectivity index (χ0n) is 20.7. The molecule has 0 bridgehead atoms. The number of fused-ring (bicyclic) bond motifs is 4. The van der Waals surface area contributed by atoms with E-state index in [0.29, 0.717) is 5.56 Å². The van der Waals surface area contributed by atoms with Crippen molar-refractivity contribution < 1.29 is 0 Å². The van der Waals surface area contributed by atoms with Crippen LogP contribution in [0, 0.1) is 11.3 Å². The van der Waals surface area contributed by atoms with Gasteiger partial charge in [0.2, 0.25) is 0 Å². The van der Waals surface area contributed by atoms with Crippen molar-refractivity contribution in [3.63, 3.8) is 0 Å². The molecule has 5 aromatic carbocycles. The van der Waals surface area contributed by atoms with Crippen molar-refractivity contribution in [2.45, 2.75) is 17.3 Å². The average molecular weight is 523 g/mol. The van der Waals surface area contributed by atoms with Crippen molar-refractivity contribution in [3.8, 4) is 28.5 Å². The van der Waals surface area contributed by atoms with Gasteiger partial charge < -0.3 is 0 Å². The summed E-state index contributed by atoms with van der Waals surface area (Å²) in [5.74, 6) is 7.29. The summed E-state index contributed by atoms with van der Waals surface area (Å²) >= 11 is -1.82. The van der Waals surface area contributed by atoms with E-state index in [1.807, 2.05) is 30.5 Å². The molecule has 172 valence electrons. The standard InChI is InChI=1S/C33H26GeN2/c1-34(2,3)28-12-8-22(9-13-28)23-10-14-30-25(18-23)11-15-32-31(30)16-17-36-33(32)26-19-24-6-4-5-7-29(24)27(20-26)21-35/h4-20H,1-3H3. The summed E-state index contributed by atoms with van der Waals surface area (Å²) in [4.78, 5) is 4.75. The Balaban J connectivity index is 1.48. The monoisotopic (exact) mass is 524 g/mol. The SMILES string of the molecule is [CH3][Ge]([CH3])([CH3])[c]1ccc(-c2ccc3c(ccc4c(-c5cc(C#N)c6ccccc6c5)nccc43)c2)cc1. The van der Waals surface area contributed by atoms with Crippen molar-refractivity contribution in [3.05, 3.63) is 109 Å². The van der Waals surface area contributed by atoms with E-state index in [1.54, 1.807) is 0 Å². The number of nitriles is 1. The summed E-state index contributed by atoms with van der Waals surface area (Å²) < 4.78 is 1.53. The maximum atomic E-state index is 9.77. The summed E-state index contributed by atoms with van der Waals surface area (Å²) in [7, 11) is 0. The molecule has 0 fully saturated rings. The third-order valence-corrected chi connectivity index (χ3v) is 11.4. The van der Waals surface area contributed by atoms with Crippen molar-refractivity contribution in [1.29, 1.82) is 5.26 Å². The molecule has 6 rings (SSSR count). The van der Waals surface area contributed by atoms with Crippen molar-refractivity contribution in [2.24, 2.45) is 0 Å². The van der Waals surface area contributed by atoms with E-state index in [2.05, 4.69) is 96.1 Å². The number of rotatable bonds is 3. The van der Waals surface area contributed by atoms with Crippen molar-refractivity contribution in [2.75, 3.05) is 0 Å². The second-order valence-electron chi connectivity index (χ2n) is 10.4. The van der Waals surface area contributed by atoms with Gasteiger partial charge >= 0.3 is 151 Å². The minimum absolute atomic E-state index is 0.674. The van der Waals surface area contributed by atoms with Crippen LogP contribution in [0.4, 0.5) is 0 Å². The Morgan fingerprint density at radius 2 is 1.31 bits per heavy atom. The molecule has 1 aromatic heterocycles. The average Bonchev–Trinajstić information content (AvgIpc) is 2.91. The van der Waals surface area contributed by atoms with Gasteiger partial charge in [-0.3, -0.25) is 0 Å². The Hall–Kier alpha value is -3.94. The Bertz CT molecular complexity index is 1820. The maximum absolute atomic E-state index is 9.77. The predicted molar refractivity (Wildman–Crippen MR) is 155 cm³/mol. The zero-order valence-corrected chi connectivity index (χ0v) is 22.8. The van der Waals surface area contributed by atoms with Crippen LogP contribution in [0.25, 0.3) is 54.7 Å². The Morgan fingerprint density at radius 3 is 2.08 bits per heavy atom. The van der Waals surface area contributed by atoms with Gasteiger partial charge in [0.25, 0.3) is 0 Å². The number of benzene rings is 5. The number of hydrogen-bond acceptors (Lipinski definition) is 2. The molecule has 2 nitrogen and oxygen atoms in total. The topological polar surface area (TPSA) is 36.7 Å². The first-order chi connectivity index (χ1) is 17.4. The third kappa shape index (κ3) is 3.86. The molecule has 0 aliphatic heterocycles. The fourth-order valence-corrected chi connectivity index (χ4v) is 7.56. The van der Waals surface area contributed by atoms with Crippen LogP contribution in [0.2, 0.25) is 17.3 Å². The summed E-state index contributed by atoms with van der Waals surface area (Å²) in [5, 5.41) is 16.5. The molecule has 0 atom stereocenters. The minimum atomic E-state index is -1.82. The van der Waals surface area contributed by atoms with Crippen LogP contribution < -0.4 is 4.40 Å². The molecule has 0 aliphatic rings. The fourth-order valence-electron chi connectivity index (χ4n) is 5.11. The van der Waals surface area contributed by atoms with Gasteiger partial charge in [0, 0.05) is 0 Å².